The van der Waals surface area contributed by atoms with Crippen LogP contribution >= 0.6 is 0 Å². The zero-order chi connectivity index (χ0) is 8.97. The zero-order valence-corrected chi connectivity index (χ0v) is 7.67. The van der Waals surface area contributed by atoms with Crippen LogP contribution in [-0.2, 0) is 4.74 Å². The predicted molar refractivity (Wildman–Crippen MR) is 45.8 cm³/mol. The van der Waals surface area contributed by atoms with Gasteiger partial charge in [0.2, 0.25) is 0 Å². The molecule has 70 valence electrons. The van der Waals surface area contributed by atoms with E-state index in [0.717, 1.165) is 25.9 Å². The quantitative estimate of drug-likeness (QED) is 0.635. The minimum Gasteiger partial charge on any atom is -0.358 e. The predicted octanol–water partition coefficient (Wildman–Crippen LogP) is 0.784. The maximum atomic E-state index is 11.1. The van der Waals surface area contributed by atoms with Crippen molar-refractivity contribution >= 4 is 6.03 Å². The van der Waals surface area contributed by atoms with E-state index in [4.69, 9.17) is 4.74 Å². The molecule has 1 N–H and O–H groups in total. The number of carbonyl (C=O) groups excluding carboxylic acids is 1. The fourth-order valence-electron chi connectivity index (χ4n) is 1.12. The van der Waals surface area contributed by atoms with E-state index in [9.17, 15) is 4.79 Å². The molecule has 4 nitrogen and oxygen atoms in total. The molecule has 1 aliphatic rings. The van der Waals surface area contributed by atoms with Gasteiger partial charge in [-0.3, -0.25) is 0 Å². The Kier molecular flexibility index (Phi) is 3.34. The summed E-state index contributed by atoms with van der Waals surface area (Å²) in [5.41, 5.74) is 0. The molecule has 0 aromatic heterocycles. The van der Waals surface area contributed by atoms with Gasteiger partial charge in [0.15, 0.2) is 0 Å². The summed E-state index contributed by atoms with van der Waals surface area (Å²) < 4.78 is 5.34. The summed E-state index contributed by atoms with van der Waals surface area (Å²) in [4.78, 5) is 12.7. The second-order valence-corrected chi connectivity index (χ2v) is 3.20. The van der Waals surface area contributed by atoms with Crippen molar-refractivity contribution < 1.29 is 9.53 Å². The number of carbonyl (C=O) groups is 1. The summed E-state index contributed by atoms with van der Waals surface area (Å²) in [6.07, 6.45) is 3.10. The monoisotopic (exact) mass is 172 g/mol. The third-order valence-corrected chi connectivity index (χ3v) is 1.87. The SMILES string of the molecule is CN(C)C(=O)NC1CCCCO1. The number of urea groups is 1. The average molecular weight is 172 g/mol. The van der Waals surface area contributed by atoms with Crippen molar-refractivity contribution in [3.63, 3.8) is 0 Å². The van der Waals surface area contributed by atoms with Crippen LogP contribution in [0.25, 0.3) is 0 Å². The lowest BCUT2D eigenvalue weighted by molar-refractivity contribution is 0.000366. The Morgan fingerprint density at radius 1 is 1.50 bits per heavy atom. The molecule has 0 radical (unpaired) electrons. The van der Waals surface area contributed by atoms with E-state index in [1.165, 1.54) is 4.90 Å². The first-order valence-corrected chi connectivity index (χ1v) is 4.29. The molecule has 0 saturated carbocycles. The number of rotatable bonds is 1. The summed E-state index contributed by atoms with van der Waals surface area (Å²) in [5.74, 6) is 0. The van der Waals surface area contributed by atoms with Crippen LogP contribution in [-0.4, -0.2) is 37.9 Å². The van der Waals surface area contributed by atoms with Crippen molar-refractivity contribution in [2.45, 2.75) is 25.5 Å². The molecule has 0 spiro atoms. The van der Waals surface area contributed by atoms with Crippen LogP contribution in [0, 0.1) is 0 Å². The van der Waals surface area contributed by atoms with Gasteiger partial charge in [0, 0.05) is 20.7 Å². The molecular formula is C8H16N2O2. The Morgan fingerprint density at radius 3 is 2.75 bits per heavy atom. The largest absolute Gasteiger partial charge is 0.358 e. The number of nitrogens with zero attached hydrogens (tertiary/aromatic N) is 1. The van der Waals surface area contributed by atoms with E-state index in [2.05, 4.69) is 5.32 Å². The molecule has 0 bridgehead atoms. The van der Waals surface area contributed by atoms with Gasteiger partial charge in [-0.05, 0) is 19.3 Å². The van der Waals surface area contributed by atoms with E-state index in [1.54, 1.807) is 14.1 Å². The smallest absolute Gasteiger partial charge is 0.318 e. The molecule has 1 heterocycles. The normalized spacial score (nSPS) is 23.3. The molecule has 12 heavy (non-hydrogen) atoms. The van der Waals surface area contributed by atoms with Gasteiger partial charge in [0.1, 0.15) is 6.23 Å². The first kappa shape index (κ1) is 9.32. The van der Waals surface area contributed by atoms with E-state index < -0.39 is 0 Å². The van der Waals surface area contributed by atoms with E-state index >= 15 is 0 Å². The molecule has 1 unspecified atom stereocenters. The molecule has 0 aliphatic carbocycles. The summed E-state index contributed by atoms with van der Waals surface area (Å²) in [6.45, 7) is 0.762. The van der Waals surface area contributed by atoms with E-state index in [-0.39, 0.29) is 12.3 Å². The minimum atomic E-state index is -0.0816. The molecule has 0 aromatic rings. The first-order valence-electron chi connectivity index (χ1n) is 4.29. The van der Waals surface area contributed by atoms with Crippen molar-refractivity contribution in [1.29, 1.82) is 0 Å². The number of ether oxygens (including phenoxy) is 1. The highest BCUT2D eigenvalue weighted by Crippen LogP contribution is 2.09. The number of hydrogen-bond acceptors (Lipinski definition) is 2. The lowest BCUT2D eigenvalue weighted by atomic mass is 10.2. The van der Waals surface area contributed by atoms with Crippen LogP contribution in [0.3, 0.4) is 0 Å². The maximum absolute atomic E-state index is 11.1. The first-order chi connectivity index (χ1) is 5.70. The maximum Gasteiger partial charge on any atom is 0.318 e. The molecule has 2 amide bonds. The highest BCUT2D eigenvalue weighted by molar-refractivity contribution is 5.73. The molecule has 0 aromatic carbocycles. The van der Waals surface area contributed by atoms with Crippen molar-refractivity contribution in [2.24, 2.45) is 0 Å². The van der Waals surface area contributed by atoms with E-state index in [0.29, 0.717) is 0 Å². The Hall–Kier alpha value is -0.770. The number of amides is 2. The van der Waals surface area contributed by atoms with Crippen LogP contribution in [0.5, 0.6) is 0 Å². The van der Waals surface area contributed by atoms with Gasteiger partial charge in [0.25, 0.3) is 0 Å². The highest BCUT2D eigenvalue weighted by Gasteiger charge is 2.16. The Labute approximate surface area is 72.9 Å². The van der Waals surface area contributed by atoms with Crippen molar-refractivity contribution in [2.75, 3.05) is 20.7 Å². The lowest BCUT2D eigenvalue weighted by Crippen LogP contribution is -2.44. The zero-order valence-electron chi connectivity index (χ0n) is 7.67. The van der Waals surface area contributed by atoms with Crippen molar-refractivity contribution in [1.82, 2.24) is 10.2 Å². The average Bonchev–Trinajstić information content (AvgIpc) is 2.06. The highest BCUT2D eigenvalue weighted by atomic mass is 16.5. The molecule has 1 rings (SSSR count). The fraction of sp³-hybridized carbons (Fsp3) is 0.875. The summed E-state index contributed by atoms with van der Waals surface area (Å²) >= 11 is 0. The second-order valence-electron chi connectivity index (χ2n) is 3.20. The van der Waals surface area contributed by atoms with Crippen LogP contribution in [0.15, 0.2) is 0 Å². The Balaban J connectivity index is 2.24. The van der Waals surface area contributed by atoms with Crippen LogP contribution in [0.4, 0.5) is 4.79 Å². The summed E-state index contributed by atoms with van der Waals surface area (Å²) in [6, 6.07) is -0.0816. The van der Waals surface area contributed by atoms with Crippen molar-refractivity contribution in [3.8, 4) is 0 Å². The van der Waals surface area contributed by atoms with Gasteiger partial charge in [0.05, 0.1) is 0 Å². The summed E-state index contributed by atoms with van der Waals surface area (Å²) in [5, 5.41) is 2.78. The molecule has 1 fully saturated rings. The molecule has 1 atom stereocenters. The third-order valence-electron chi connectivity index (χ3n) is 1.87. The van der Waals surface area contributed by atoms with Gasteiger partial charge in [-0.25, -0.2) is 4.79 Å². The fourth-order valence-corrected chi connectivity index (χ4v) is 1.12. The topological polar surface area (TPSA) is 41.6 Å². The van der Waals surface area contributed by atoms with Gasteiger partial charge in [-0.15, -0.1) is 0 Å². The van der Waals surface area contributed by atoms with Gasteiger partial charge >= 0.3 is 6.03 Å². The van der Waals surface area contributed by atoms with Gasteiger partial charge in [-0.2, -0.15) is 0 Å². The van der Waals surface area contributed by atoms with Gasteiger partial charge in [-0.1, -0.05) is 0 Å². The molecular weight excluding hydrogens is 156 g/mol. The van der Waals surface area contributed by atoms with Crippen molar-refractivity contribution in [3.05, 3.63) is 0 Å². The minimum absolute atomic E-state index is 0.0753. The van der Waals surface area contributed by atoms with Crippen LogP contribution in [0.2, 0.25) is 0 Å². The van der Waals surface area contributed by atoms with E-state index in [1.807, 2.05) is 0 Å². The number of nitrogens with one attached hydrogen (secondary N) is 1. The molecule has 1 saturated heterocycles. The lowest BCUT2D eigenvalue weighted by Gasteiger charge is -2.24. The second kappa shape index (κ2) is 4.30. The Morgan fingerprint density at radius 2 is 2.25 bits per heavy atom. The third kappa shape index (κ3) is 2.70. The van der Waals surface area contributed by atoms with Crippen LogP contribution < -0.4 is 5.32 Å². The van der Waals surface area contributed by atoms with Gasteiger partial charge < -0.3 is 15.0 Å². The molecule has 1 aliphatic heterocycles. The molecule has 4 heteroatoms. The van der Waals surface area contributed by atoms with Crippen LogP contribution in [0.1, 0.15) is 19.3 Å². The number of hydrogen-bond donors (Lipinski definition) is 1. The standard InChI is InChI=1S/C8H16N2O2/c1-10(2)8(11)9-7-5-3-4-6-12-7/h7H,3-6H2,1-2H3,(H,9,11). The Bertz CT molecular complexity index is 153. The summed E-state index contributed by atoms with van der Waals surface area (Å²) in [7, 11) is 3.44.